The minimum absolute atomic E-state index is 0.0887. The summed E-state index contributed by atoms with van der Waals surface area (Å²) in [7, 11) is -4.03. The van der Waals surface area contributed by atoms with E-state index in [0.717, 1.165) is 32.6 Å². The Morgan fingerprint density at radius 2 is 1.74 bits per heavy atom. The number of amides is 1. The molecule has 3 atom stereocenters. The van der Waals surface area contributed by atoms with Crippen molar-refractivity contribution in [3.05, 3.63) is 89.7 Å². The number of hydrogen-bond acceptors (Lipinski definition) is 4. The van der Waals surface area contributed by atoms with Crippen LogP contribution < -0.4 is 0 Å². The molecule has 2 aliphatic heterocycles. The molecule has 8 heteroatoms. The molecule has 3 aromatic carbocycles. The molecule has 2 heterocycles. The molecular weight excluding hydrogens is 455 g/mol. The van der Waals surface area contributed by atoms with Crippen LogP contribution in [-0.4, -0.2) is 60.4 Å². The second kappa shape index (κ2) is 8.61. The highest BCUT2D eigenvalue weighted by Crippen LogP contribution is 2.44. The highest BCUT2D eigenvalue weighted by molar-refractivity contribution is 7.89. The normalized spacial score (nSPS) is 22.9. The van der Waals surface area contributed by atoms with E-state index in [4.69, 9.17) is 0 Å². The van der Waals surface area contributed by atoms with Gasteiger partial charge in [0.05, 0.1) is 30.1 Å². The number of aliphatic hydroxyl groups is 1. The van der Waals surface area contributed by atoms with E-state index >= 15 is 0 Å². The molecule has 2 saturated heterocycles. The number of aliphatic hydroxyl groups excluding tert-OH is 1. The zero-order chi connectivity index (χ0) is 24.0. The molecule has 0 aromatic heterocycles. The van der Waals surface area contributed by atoms with E-state index in [-0.39, 0.29) is 36.4 Å². The van der Waals surface area contributed by atoms with Gasteiger partial charge in [0.1, 0.15) is 5.82 Å². The first-order valence-corrected chi connectivity index (χ1v) is 12.6. The third-order valence-electron chi connectivity index (χ3n) is 6.80. The Bertz CT molecular complexity index is 1340. The number of carbonyl (C=O) groups is 1. The van der Waals surface area contributed by atoms with Crippen LogP contribution >= 0.6 is 0 Å². The maximum atomic E-state index is 13.7. The highest BCUT2D eigenvalue weighted by Gasteiger charge is 2.55. The fourth-order valence-electron chi connectivity index (χ4n) is 5.15. The van der Waals surface area contributed by atoms with Gasteiger partial charge in [-0.05, 0) is 41.8 Å². The molecule has 0 spiro atoms. The minimum atomic E-state index is -4.03. The summed E-state index contributed by atoms with van der Waals surface area (Å²) in [6, 6.07) is 20.2. The minimum Gasteiger partial charge on any atom is -0.394 e. The van der Waals surface area contributed by atoms with Crippen molar-refractivity contribution in [3.8, 4) is 11.1 Å². The van der Waals surface area contributed by atoms with Crippen LogP contribution in [0, 0.1) is 12.7 Å². The molecule has 3 aromatic rings. The summed E-state index contributed by atoms with van der Waals surface area (Å²) in [5.41, 5.74) is 4.26. The average Bonchev–Trinajstić information content (AvgIpc) is 2.80. The Morgan fingerprint density at radius 3 is 2.41 bits per heavy atom. The monoisotopic (exact) mass is 480 g/mol. The predicted octanol–water partition coefficient (Wildman–Crippen LogP) is 3.16. The Morgan fingerprint density at radius 1 is 1.00 bits per heavy atom. The van der Waals surface area contributed by atoms with E-state index < -0.39 is 27.9 Å². The standard InChI is InChI=1S/C26H25FN2O4S/c1-17-4-2-5-20(12-17)18-8-10-19(11-9-18)26-23-14-28(15-25(31)29(23)24(26)16-30)34(32,33)22-7-3-6-21(27)13-22/h2-13,23-24,26,30H,14-16H2,1H3/t23-,24-,26+/m1/s1. The Balaban J connectivity index is 1.42. The van der Waals surface area contributed by atoms with Gasteiger partial charge in [0.25, 0.3) is 0 Å². The lowest BCUT2D eigenvalue weighted by Crippen LogP contribution is -2.73. The van der Waals surface area contributed by atoms with E-state index in [1.807, 2.05) is 49.4 Å². The fourth-order valence-corrected chi connectivity index (χ4v) is 6.59. The van der Waals surface area contributed by atoms with Gasteiger partial charge in [0, 0.05) is 12.5 Å². The first-order chi connectivity index (χ1) is 16.3. The van der Waals surface area contributed by atoms with Gasteiger partial charge in [-0.15, -0.1) is 0 Å². The number of sulfonamides is 1. The van der Waals surface area contributed by atoms with Gasteiger partial charge in [-0.25, -0.2) is 12.8 Å². The molecular formula is C26H25FN2O4S. The molecule has 34 heavy (non-hydrogen) atoms. The Kier molecular flexibility index (Phi) is 5.75. The van der Waals surface area contributed by atoms with Crippen LogP contribution in [0.2, 0.25) is 0 Å². The molecule has 5 rings (SSSR count). The first kappa shape index (κ1) is 22.7. The van der Waals surface area contributed by atoms with Crippen molar-refractivity contribution in [2.24, 2.45) is 0 Å². The number of nitrogens with zero attached hydrogens (tertiary/aromatic N) is 2. The summed E-state index contributed by atoms with van der Waals surface area (Å²) in [6.07, 6.45) is 0. The zero-order valence-electron chi connectivity index (χ0n) is 18.6. The second-order valence-corrected chi connectivity index (χ2v) is 10.8. The molecule has 6 nitrogen and oxygen atoms in total. The molecule has 1 amide bonds. The second-order valence-electron chi connectivity index (χ2n) is 8.89. The summed E-state index contributed by atoms with van der Waals surface area (Å²) in [5.74, 6) is -1.21. The van der Waals surface area contributed by atoms with Gasteiger partial charge in [-0.3, -0.25) is 4.79 Å². The quantitative estimate of drug-likeness (QED) is 0.609. The first-order valence-electron chi connectivity index (χ1n) is 11.1. The molecule has 0 bridgehead atoms. The molecule has 0 aliphatic carbocycles. The summed E-state index contributed by atoms with van der Waals surface area (Å²) >= 11 is 0. The summed E-state index contributed by atoms with van der Waals surface area (Å²) in [5, 5.41) is 10.0. The van der Waals surface area contributed by atoms with Crippen molar-refractivity contribution < 1.29 is 22.7 Å². The number of carbonyl (C=O) groups excluding carboxylic acids is 1. The number of rotatable bonds is 5. The number of fused-ring (bicyclic) bond motifs is 1. The number of piperazine rings is 1. The van der Waals surface area contributed by atoms with Crippen molar-refractivity contribution in [1.29, 1.82) is 0 Å². The van der Waals surface area contributed by atoms with Crippen molar-refractivity contribution in [3.63, 3.8) is 0 Å². The van der Waals surface area contributed by atoms with E-state index in [0.29, 0.717) is 0 Å². The predicted molar refractivity (Wildman–Crippen MR) is 126 cm³/mol. The number of aryl methyl sites for hydroxylation is 1. The van der Waals surface area contributed by atoms with Crippen molar-refractivity contribution >= 4 is 15.9 Å². The summed E-state index contributed by atoms with van der Waals surface area (Å²) < 4.78 is 41.0. The van der Waals surface area contributed by atoms with Crippen LogP contribution in [0.3, 0.4) is 0 Å². The van der Waals surface area contributed by atoms with Crippen LogP contribution in [0.15, 0.2) is 77.7 Å². The van der Waals surface area contributed by atoms with E-state index in [1.54, 1.807) is 4.90 Å². The lowest BCUT2D eigenvalue weighted by atomic mass is 9.74. The Hall–Kier alpha value is -3.07. The van der Waals surface area contributed by atoms with Crippen molar-refractivity contribution in [1.82, 2.24) is 9.21 Å². The maximum Gasteiger partial charge on any atom is 0.243 e. The highest BCUT2D eigenvalue weighted by atomic mass is 32.2. The smallest absolute Gasteiger partial charge is 0.243 e. The van der Waals surface area contributed by atoms with Crippen molar-refractivity contribution in [2.45, 2.75) is 29.8 Å². The lowest BCUT2D eigenvalue weighted by Gasteiger charge is -2.58. The average molecular weight is 481 g/mol. The van der Waals surface area contributed by atoms with Gasteiger partial charge in [0.15, 0.2) is 0 Å². The summed E-state index contributed by atoms with van der Waals surface area (Å²) in [4.78, 5) is 14.3. The van der Waals surface area contributed by atoms with Gasteiger partial charge in [0.2, 0.25) is 15.9 Å². The molecule has 2 aliphatic rings. The molecule has 0 unspecified atom stereocenters. The van der Waals surface area contributed by atoms with Gasteiger partial charge >= 0.3 is 0 Å². The molecule has 1 N–H and O–H groups in total. The van der Waals surface area contributed by atoms with Crippen LogP contribution in [0.5, 0.6) is 0 Å². The van der Waals surface area contributed by atoms with E-state index in [2.05, 4.69) is 6.07 Å². The third-order valence-corrected chi connectivity index (χ3v) is 8.61. The maximum absolute atomic E-state index is 13.7. The van der Waals surface area contributed by atoms with Gasteiger partial charge < -0.3 is 10.0 Å². The van der Waals surface area contributed by atoms with E-state index in [1.165, 1.54) is 18.2 Å². The SMILES string of the molecule is Cc1cccc(-c2ccc([C@@H]3[C@@H](CO)N4C(=O)CN(S(=O)(=O)c5cccc(F)c5)C[C@H]34)cc2)c1. The van der Waals surface area contributed by atoms with Gasteiger partial charge in [-0.2, -0.15) is 4.31 Å². The zero-order valence-corrected chi connectivity index (χ0v) is 19.5. The lowest BCUT2D eigenvalue weighted by molar-refractivity contribution is -0.158. The topological polar surface area (TPSA) is 77.9 Å². The fraction of sp³-hybridized carbons (Fsp3) is 0.269. The number of hydrogen-bond donors (Lipinski definition) is 1. The molecule has 0 saturated carbocycles. The van der Waals surface area contributed by atoms with Gasteiger partial charge in [-0.1, -0.05) is 60.2 Å². The van der Waals surface area contributed by atoms with Crippen LogP contribution in [0.4, 0.5) is 4.39 Å². The van der Waals surface area contributed by atoms with Crippen LogP contribution in [0.1, 0.15) is 17.0 Å². The Labute approximate surface area is 198 Å². The number of benzene rings is 3. The van der Waals surface area contributed by atoms with E-state index in [9.17, 15) is 22.7 Å². The summed E-state index contributed by atoms with van der Waals surface area (Å²) in [6.45, 7) is 1.59. The van der Waals surface area contributed by atoms with Crippen molar-refractivity contribution in [2.75, 3.05) is 19.7 Å². The third kappa shape index (κ3) is 3.81. The molecule has 176 valence electrons. The molecule has 2 fully saturated rings. The number of halogens is 1. The van der Waals surface area contributed by atoms with Crippen LogP contribution in [-0.2, 0) is 14.8 Å². The molecule has 0 radical (unpaired) electrons. The van der Waals surface area contributed by atoms with Crippen LogP contribution in [0.25, 0.3) is 11.1 Å². The largest absolute Gasteiger partial charge is 0.394 e.